The standard InChI is InChI=1S/C16H18N4O3/c1-3-13(21)19(2)8-14(22)20-9-16(10-20)17-12-7-5-4-6-11(12)15(23)18-16/h3-7,17H,1,8-10H2,2H3,(H,18,23). The number of hydrogen-bond acceptors (Lipinski definition) is 4. The topological polar surface area (TPSA) is 81.8 Å². The van der Waals surface area contributed by atoms with Gasteiger partial charge in [0, 0.05) is 12.7 Å². The van der Waals surface area contributed by atoms with Crippen molar-refractivity contribution in [3.8, 4) is 0 Å². The summed E-state index contributed by atoms with van der Waals surface area (Å²) in [6.45, 7) is 4.11. The number of carbonyl (C=O) groups is 3. The highest BCUT2D eigenvalue weighted by Gasteiger charge is 2.49. The van der Waals surface area contributed by atoms with E-state index < -0.39 is 5.66 Å². The van der Waals surface area contributed by atoms with Gasteiger partial charge in [0.05, 0.1) is 25.2 Å². The van der Waals surface area contributed by atoms with Crippen LogP contribution >= 0.6 is 0 Å². The number of benzene rings is 1. The van der Waals surface area contributed by atoms with E-state index >= 15 is 0 Å². The highest BCUT2D eigenvalue weighted by atomic mass is 16.2. The minimum Gasteiger partial charge on any atom is -0.359 e. The van der Waals surface area contributed by atoms with E-state index in [1.54, 1.807) is 24.1 Å². The monoisotopic (exact) mass is 314 g/mol. The average Bonchev–Trinajstić information content (AvgIpc) is 2.51. The molecule has 2 aliphatic heterocycles. The third-order valence-electron chi connectivity index (χ3n) is 4.10. The molecular weight excluding hydrogens is 296 g/mol. The Balaban J connectivity index is 1.63. The molecule has 2 heterocycles. The molecule has 0 atom stereocenters. The molecule has 0 unspecified atom stereocenters. The largest absolute Gasteiger partial charge is 0.359 e. The molecule has 0 radical (unpaired) electrons. The van der Waals surface area contributed by atoms with Crippen LogP contribution in [0.4, 0.5) is 5.69 Å². The molecule has 2 aliphatic rings. The number of para-hydroxylation sites is 1. The molecule has 2 N–H and O–H groups in total. The van der Waals surface area contributed by atoms with Crippen LogP contribution in [0.2, 0.25) is 0 Å². The van der Waals surface area contributed by atoms with Crippen LogP contribution in [0.1, 0.15) is 10.4 Å². The normalized spacial score (nSPS) is 17.4. The Morgan fingerprint density at radius 1 is 1.35 bits per heavy atom. The van der Waals surface area contributed by atoms with E-state index in [2.05, 4.69) is 17.2 Å². The number of likely N-dealkylation sites (tertiary alicyclic amines) is 1. The molecule has 0 bridgehead atoms. The number of nitrogens with zero attached hydrogens (tertiary/aromatic N) is 2. The maximum atomic E-state index is 12.2. The molecule has 1 aromatic carbocycles. The van der Waals surface area contributed by atoms with Gasteiger partial charge in [0.15, 0.2) is 0 Å². The van der Waals surface area contributed by atoms with Crippen molar-refractivity contribution in [2.75, 3.05) is 32.0 Å². The highest BCUT2D eigenvalue weighted by Crippen LogP contribution is 2.30. The summed E-state index contributed by atoms with van der Waals surface area (Å²) in [5.41, 5.74) is 0.740. The quantitative estimate of drug-likeness (QED) is 0.771. The van der Waals surface area contributed by atoms with Gasteiger partial charge < -0.3 is 20.4 Å². The van der Waals surface area contributed by atoms with Gasteiger partial charge in [0.1, 0.15) is 5.66 Å². The smallest absolute Gasteiger partial charge is 0.255 e. The van der Waals surface area contributed by atoms with E-state index in [9.17, 15) is 14.4 Å². The Bertz CT molecular complexity index is 694. The van der Waals surface area contributed by atoms with Crippen molar-refractivity contribution < 1.29 is 14.4 Å². The Kier molecular flexibility index (Phi) is 3.55. The minimum absolute atomic E-state index is 0.00847. The van der Waals surface area contributed by atoms with Gasteiger partial charge in [-0.3, -0.25) is 14.4 Å². The van der Waals surface area contributed by atoms with E-state index in [4.69, 9.17) is 0 Å². The van der Waals surface area contributed by atoms with E-state index in [1.807, 2.05) is 12.1 Å². The van der Waals surface area contributed by atoms with Gasteiger partial charge >= 0.3 is 0 Å². The van der Waals surface area contributed by atoms with Crippen LogP contribution in [0.3, 0.4) is 0 Å². The third-order valence-corrected chi connectivity index (χ3v) is 4.10. The summed E-state index contributed by atoms with van der Waals surface area (Å²) in [5, 5.41) is 6.21. The van der Waals surface area contributed by atoms with Gasteiger partial charge in [-0.15, -0.1) is 0 Å². The number of amides is 3. The van der Waals surface area contributed by atoms with E-state index in [-0.39, 0.29) is 24.3 Å². The Labute approximate surface area is 133 Å². The lowest BCUT2D eigenvalue weighted by atomic mass is 9.94. The van der Waals surface area contributed by atoms with Crippen molar-refractivity contribution >= 4 is 23.4 Å². The van der Waals surface area contributed by atoms with Crippen molar-refractivity contribution in [3.05, 3.63) is 42.5 Å². The predicted octanol–water partition coefficient (Wildman–Crippen LogP) is 0.0248. The fourth-order valence-corrected chi connectivity index (χ4v) is 2.84. The van der Waals surface area contributed by atoms with Crippen LogP contribution in [-0.2, 0) is 9.59 Å². The summed E-state index contributed by atoms with van der Waals surface area (Å²) < 4.78 is 0. The van der Waals surface area contributed by atoms with E-state index in [0.717, 1.165) is 5.69 Å². The first kappa shape index (κ1) is 15.1. The molecule has 0 aromatic heterocycles. The van der Waals surface area contributed by atoms with E-state index in [1.165, 1.54) is 11.0 Å². The van der Waals surface area contributed by atoms with Gasteiger partial charge in [0.25, 0.3) is 5.91 Å². The van der Waals surface area contributed by atoms with Crippen LogP contribution in [-0.4, -0.2) is 59.9 Å². The molecule has 1 spiro atoms. The Morgan fingerprint density at radius 2 is 2.04 bits per heavy atom. The molecule has 120 valence electrons. The molecule has 1 saturated heterocycles. The first-order valence-corrected chi connectivity index (χ1v) is 7.29. The number of carbonyl (C=O) groups excluding carboxylic acids is 3. The first-order chi connectivity index (χ1) is 10.9. The number of fused-ring (bicyclic) bond motifs is 1. The molecule has 3 rings (SSSR count). The van der Waals surface area contributed by atoms with Crippen LogP contribution in [0, 0.1) is 0 Å². The lowest BCUT2D eigenvalue weighted by Crippen LogP contribution is -2.77. The van der Waals surface area contributed by atoms with Crippen LogP contribution in [0.25, 0.3) is 0 Å². The second-order valence-electron chi connectivity index (χ2n) is 5.86. The second-order valence-corrected chi connectivity index (χ2v) is 5.86. The molecule has 0 saturated carbocycles. The van der Waals surface area contributed by atoms with Crippen molar-refractivity contribution in [1.82, 2.24) is 15.1 Å². The predicted molar refractivity (Wildman–Crippen MR) is 84.7 cm³/mol. The molecule has 0 aliphatic carbocycles. The third kappa shape index (κ3) is 2.65. The molecule has 7 nitrogen and oxygen atoms in total. The molecule has 1 fully saturated rings. The van der Waals surface area contributed by atoms with Gasteiger partial charge in [-0.2, -0.15) is 0 Å². The van der Waals surface area contributed by atoms with Crippen molar-refractivity contribution in [2.24, 2.45) is 0 Å². The highest BCUT2D eigenvalue weighted by molar-refractivity contribution is 6.02. The zero-order valence-electron chi connectivity index (χ0n) is 12.8. The zero-order chi connectivity index (χ0) is 16.6. The summed E-state index contributed by atoms with van der Waals surface area (Å²) in [5.74, 6) is -0.611. The molecule has 1 aromatic rings. The number of likely N-dealkylation sites (N-methyl/N-ethyl adjacent to an activating group) is 1. The van der Waals surface area contributed by atoms with Gasteiger partial charge in [0.2, 0.25) is 11.8 Å². The van der Waals surface area contributed by atoms with Crippen molar-refractivity contribution in [3.63, 3.8) is 0 Å². The fourth-order valence-electron chi connectivity index (χ4n) is 2.84. The summed E-state index contributed by atoms with van der Waals surface area (Å²) >= 11 is 0. The van der Waals surface area contributed by atoms with Gasteiger partial charge in [-0.05, 0) is 18.2 Å². The lowest BCUT2D eigenvalue weighted by Gasteiger charge is -2.53. The first-order valence-electron chi connectivity index (χ1n) is 7.29. The van der Waals surface area contributed by atoms with Crippen molar-refractivity contribution in [2.45, 2.75) is 5.66 Å². The second kappa shape index (κ2) is 5.42. The number of anilines is 1. The SMILES string of the molecule is C=CC(=O)N(C)CC(=O)N1CC2(C1)NC(=O)c1ccccc1N2. The molecule has 23 heavy (non-hydrogen) atoms. The van der Waals surface area contributed by atoms with Crippen LogP contribution in [0.15, 0.2) is 36.9 Å². The summed E-state index contributed by atoms with van der Waals surface area (Å²) in [6.07, 6.45) is 1.17. The number of nitrogens with one attached hydrogen (secondary N) is 2. The maximum Gasteiger partial charge on any atom is 0.255 e. The summed E-state index contributed by atoms with van der Waals surface area (Å²) in [6, 6.07) is 7.26. The Morgan fingerprint density at radius 3 is 2.74 bits per heavy atom. The number of rotatable bonds is 3. The Hall–Kier alpha value is -2.83. The van der Waals surface area contributed by atoms with E-state index in [0.29, 0.717) is 18.7 Å². The molecule has 7 heteroatoms. The van der Waals surface area contributed by atoms with Crippen molar-refractivity contribution in [1.29, 1.82) is 0 Å². The maximum absolute atomic E-state index is 12.2. The summed E-state index contributed by atoms with van der Waals surface area (Å²) in [7, 11) is 1.55. The van der Waals surface area contributed by atoms with Crippen LogP contribution < -0.4 is 10.6 Å². The molecular formula is C16H18N4O3. The lowest BCUT2D eigenvalue weighted by molar-refractivity contribution is -0.142. The van der Waals surface area contributed by atoms with Crippen LogP contribution in [0.5, 0.6) is 0 Å². The number of hydrogen-bond donors (Lipinski definition) is 2. The fraction of sp³-hybridized carbons (Fsp3) is 0.312. The molecule has 3 amide bonds. The minimum atomic E-state index is -0.623. The summed E-state index contributed by atoms with van der Waals surface area (Å²) in [4.78, 5) is 38.7. The zero-order valence-corrected chi connectivity index (χ0v) is 12.8. The van der Waals surface area contributed by atoms with Gasteiger partial charge in [-0.1, -0.05) is 18.7 Å². The average molecular weight is 314 g/mol. The van der Waals surface area contributed by atoms with Gasteiger partial charge in [-0.25, -0.2) is 0 Å².